The Labute approximate surface area is 117 Å². The Hall–Kier alpha value is -0.570. The Morgan fingerprint density at radius 1 is 1.37 bits per heavy atom. The van der Waals surface area contributed by atoms with Crippen LogP contribution >= 0.6 is 0 Å². The van der Waals surface area contributed by atoms with E-state index in [1.54, 1.807) is 0 Å². The molecule has 19 heavy (non-hydrogen) atoms. The Morgan fingerprint density at radius 3 is 2.53 bits per heavy atom. The van der Waals surface area contributed by atoms with Crippen LogP contribution in [0.5, 0.6) is 0 Å². The van der Waals surface area contributed by atoms with Gasteiger partial charge in [0.2, 0.25) is 0 Å². The quantitative estimate of drug-likeness (QED) is 0.562. The van der Waals surface area contributed by atoms with Gasteiger partial charge >= 0.3 is 5.97 Å². The van der Waals surface area contributed by atoms with Gasteiger partial charge in [0.05, 0.1) is 12.0 Å². The molecule has 0 amide bonds. The SMILES string of the molecule is CCC(C)C(=O)OCOC1CC2(C)CCC1C2(C)C. The second kappa shape index (κ2) is 5.08. The van der Waals surface area contributed by atoms with Crippen molar-refractivity contribution in [3.8, 4) is 0 Å². The summed E-state index contributed by atoms with van der Waals surface area (Å²) in [4.78, 5) is 11.6. The van der Waals surface area contributed by atoms with Crippen LogP contribution in [0.4, 0.5) is 0 Å². The highest BCUT2D eigenvalue weighted by molar-refractivity contribution is 5.71. The van der Waals surface area contributed by atoms with Gasteiger partial charge in [0.15, 0.2) is 6.79 Å². The molecule has 0 aliphatic heterocycles. The molecule has 2 saturated carbocycles. The summed E-state index contributed by atoms with van der Waals surface area (Å²) in [6.07, 6.45) is 4.73. The first-order valence-electron chi connectivity index (χ1n) is 7.60. The predicted molar refractivity (Wildman–Crippen MR) is 74.5 cm³/mol. The van der Waals surface area contributed by atoms with Gasteiger partial charge in [0.1, 0.15) is 0 Å². The van der Waals surface area contributed by atoms with Crippen LogP contribution in [-0.4, -0.2) is 18.9 Å². The van der Waals surface area contributed by atoms with Crippen LogP contribution in [0.2, 0.25) is 0 Å². The number of rotatable bonds is 5. The van der Waals surface area contributed by atoms with Gasteiger partial charge in [-0.05, 0) is 42.4 Å². The first-order chi connectivity index (χ1) is 8.82. The van der Waals surface area contributed by atoms with E-state index >= 15 is 0 Å². The molecule has 4 unspecified atom stereocenters. The molecular weight excluding hydrogens is 240 g/mol. The van der Waals surface area contributed by atoms with Crippen LogP contribution in [0.25, 0.3) is 0 Å². The molecule has 0 heterocycles. The lowest BCUT2D eigenvalue weighted by Gasteiger charge is -2.33. The van der Waals surface area contributed by atoms with Crippen molar-refractivity contribution in [2.24, 2.45) is 22.7 Å². The summed E-state index contributed by atoms with van der Waals surface area (Å²) in [6.45, 7) is 11.1. The maximum absolute atomic E-state index is 11.6. The summed E-state index contributed by atoms with van der Waals surface area (Å²) >= 11 is 0. The van der Waals surface area contributed by atoms with Gasteiger partial charge in [-0.25, -0.2) is 0 Å². The van der Waals surface area contributed by atoms with Crippen LogP contribution in [0, 0.1) is 22.7 Å². The third-order valence-electron chi connectivity index (χ3n) is 6.09. The van der Waals surface area contributed by atoms with Crippen LogP contribution in [0.1, 0.15) is 60.3 Å². The van der Waals surface area contributed by atoms with Crippen molar-refractivity contribution < 1.29 is 14.3 Å². The van der Waals surface area contributed by atoms with Crippen molar-refractivity contribution in [1.82, 2.24) is 0 Å². The van der Waals surface area contributed by atoms with Gasteiger partial charge in [-0.15, -0.1) is 0 Å². The second-order valence-electron chi connectivity index (χ2n) is 7.23. The fraction of sp³-hybridized carbons (Fsp3) is 0.938. The zero-order valence-corrected chi connectivity index (χ0v) is 13.0. The minimum absolute atomic E-state index is 0.0300. The normalized spacial score (nSPS) is 37.3. The maximum atomic E-state index is 11.6. The van der Waals surface area contributed by atoms with Crippen molar-refractivity contribution in [1.29, 1.82) is 0 Å². The average Bonchev–Trinajstić information content (AvgIpc) is 2.69. The Bertz CT molecular complexity index is 347. The fourth-order valence-corrected chi connectivity index (χ4v) is 3.87. The van der Waals surface area contributed by atoms with Crippen LogP contribution in [0.3, 0.4) is 0 Å². The first-order valence-corrected chi connectivity index (χ1v) is 7.60. The first kappa shape index (κ1) is 14.8. The number of carbonyl (C=O) groups excluding carboxylic acids is 1. The van der Waals surface area contributed by atoms with Crippen molar-refractivity contribution in [2.75, 3.05) is 6.79 Å². The van der Waals surface area contributed by atoms with Crippen molar-refractivity contribution >= 4 is 5.97 Å². The Balaban J connectivity index is 1.82. The van der Waals surface area contributed by atoms with Gasteiger partial charge < -0.3 is 9.47 Å². The fourth-order valence-electron chi connectivity index (χ4n) is 3.87. The van der Waals surface area contributed by atoms with E-state index in [1.165, 1.54) is 12.8 Å². The maximum Gasteiger partial charge on any atom is 0.310 e. The molecule has 2 rings (SSSR count). The molecule has 3 nitrogen and oxygen atoms in total. The van der Waals surface area contributed by atoms with Gasteiger partial charge in [-0.2, -0.15) is 0 Å². The lowest BCUT2D eigenvalue weighted by Crippen LogP contribution is -2.27. The van der Waals surface area contributed by atoms with Gasteiger partial charge in [-0.1, -0.05) is 34.6 Å². The molecule has 0 aromatic carbocycles. The van der Waals surface area contributed by atoms with E-state index in [2.05, 4.69) is 20.8 Å². The van der Waals surface area contributed by atoms with E-state index in [4.69, 9.17) is 9.47 Å². The molecule has 0 radical (unpaired) electrons. The molecule has 2 bridgehead atoms. The van der Waals surface area contributed by atoms with Crippen molar-refractivity contribution in [3.05, 3.63) is 0 Å². The highest BCUT2D eigenvalue weighted by Crippen LogP contribution is 2.66. The number of ether oxygens (including phenoxy) is 2. The minimum atomic E-state index is -0.142. The highest BCUT2D eigenvalue weighted by Gasteiger charge is 2.60. The highest BCUT2D eigenvalue weighted by atomic mass is 16.7. The molecule has 2 aliphatic rings. The van der Waals surface area contributed by atoms with Gasteiger partial charge in [0, 0.05) is 0 Å². The van der Waals surface area contributed by atoms with Crippen molar-refractivity contribution in [2.45, 2.75) is 66.4 Å². The van der Waals surface area contributed by atoms with Gasteiger partial charge in [0.25, 0.3) is 0 Å². The van der Waals surface area contributed by atoms with E-state index in [0.717, 1.165) is 12.8 Å². The summed E-state index contributed by atoms with van der Waals surface area (Å²) in [6, 6.07) is 0. The average molecular weight is 268 g/mol. The standard InChI is InChI=1S/C16H28O3/c1-6-11(2)14(17)19-10-18-13-9-16(5)8-7-12(13)15(16,3)4/h11-13H,6-10H2,1-5H3. The molecule has 2 aliphatic carbocycles. The molecule has 0 N–H and O–H groups in total. The second-order valence-corrected chi connectivity index (χ2v) is 7.23. The van der Waals surface area contributed by atoms with Crippen LogP contribution in [-0.2, 0) is 14.3 Å². The Morgan fingerprint density at radius 2 is 2.05 bits per heavy atom. The molecule has 0 spiro atoms. The molecule has 3 heteroatoms. The molecule has 0 aromatic rings. The summed E-state index contributed by atoms with van der Waals surface area (Å²) in [7, 11) is 0. The largest absolute Gasteiger partial charge is 0.438 e. The number of hydrogen-bond acceptors (Lipinski definition) is 3. The summed E-state index contributed by atoms with van der Waals surface area (Å²) < 4.78 is 11.1. The van der Waals surface area contributed by atoms with E-state index in [-0.39, 0.29) is 24.8 Å². The van der Waals surface area contributed by atoms with E-state index in [0.29, 0.717) is 16.7 Å². The van der Waals surface area contributed by atoms with E-state index < -0.39 is 0 Å². The summed E-state index contributed by atoms with van der Waals surface area (Å²) in [5.41, 5.74) is 0.738. The van der Waals surface area contributed by atoms with Crippen LogP contribution < -0.4 is 0 Å². The predicted octanol–water partition coefficient (Wildman–Crippen LogP) is 3.76. The van der Waals surface area contributed by atoms with E-state index in [9.17, 15) is 4.79 Å². The third kappa shape index (κ3) is 2.42. The monoisotopic (exact) mass is 268 g/mol. The smallest absolute Gasteiger partial charge is 0.310 e. The third-order valence-corrected chi connectivity index (χ3v) is 6.09. The number of hydrogen-bond donors (Lipinski definition) is 0. The van der Waals surface area contributed by atoms with Crippen molar-refractivity contribution in [3.63, 3.8) is 0 Å². The van der Waals surface area contributed by atoms with Crippen LogP contribution in [0.15, 0.2) is 0 Å². The van der Waals surface area contributed by atoms with E-state index in [1.807, 2.05) is 13.8 Å². The Kier molecular flexibility index (Phi) is 3.97. The minimum Gasteiger partial charge on any atom is -0.438 e. The molecule has 0 saturated heterocycles. The molecule has 4 atom stereocenters. The lowest BCUT2D eigenvalue weighted by molar-refractivity contribution is -0.168. The summed E-state index contributed by atoms with van der Waals surface area (Å²) in [5.74, 6) is 0.438. The number of fused-ring (bicyclic) bond motifs is 2. The topological polar surface area (TPSA) is 35.5 Å². The zero-order valence-electron chi connectivity index (χ0n) is 13.0. The summed E-state index contributed by atoms with van der Waals surface area (Å²) in [5, 5.41) is 0. The molecule has 110 valence electrons. The molecular formula is C16H28O3. The molecule has 0 aromatic heterocycles. The zero-order chi connectivity index (χ0) is 14.3. The number of esters is 1. The van der Waals surface area contributed by atoms with Gasteiger partial charge in [-0.3, -0.25) is 4.79 Å². The number of carbonyl (C=O) groups is 1. The lowest BCUT2D eigenvalue weighted by atomic mass is 9.71. The molecule has 2 fully saturated rings.